The van der Waals surface area contributed by atoms with Crippen molar-refractivity contribution in [3.05, 3.63) is 71.8 Å². The number of likely N-dealkylation sites (tertiary alicyclic amines) is 1. The molecule has 2 aliphatic heterocycles. The van der Waals surface area contributed by atoms with Gasteiger partial charge in [-0.05, 0) is 37.1 Å². The van der Waals surface area contributed by atoms with Crippen molar-refractivity contribution in [2.75, 3.05) is 26.2 Å². The van der Waals surface area contributed by atoms with Crippen molar-refractivity contribution in [2.45, 2.75) is 18.4 Å². The molecule has 0 aliphatic carbocycles. The molecule has 3 amide bonds. The summed E-state index contributed by atoms with van der Waals surface area (Å²) in [5, 5.41) is 2.99. The highest BCUT2D eigenvalue weighted by molar-refractivity contribution is 6.09. The van der Waals surface area contributed by atoms with Gasteiger partial charge < -0.3 is 10.2 Å². The summed E-state index contributed by atoms with van der Waals surface area (Å²) in [6, 6.07) is 18.7. The maximum absolute atomic E-state index is 13.5. The van der Waals surface area contributed by atoms with Gasteiger partial charge >= 0.3 is 6.03 Å². The minimum absolute atomic E-state index is 0.195. The Morgan fingerprint density at radius 3 is 1.88 bits per heavy atom. The average molecular weight is 349 g/mol. The molecule has 2 aromatic carbocycles. The molecule has 5 nitrogen and oxygen atoms in total. The van der Waals surface area contributed by atoms with Gasteiger partial charge in [0.05, 0.1) is 0 Å². The van der Waals surface area contributed by atoms with E-state index in [9.17, 15) is 9.59 Å². The van der Waals surface area contributed by atoms with E-state index in [1.54, 1.807) is 0 Å². The number of rotatable bonds is 5. The molecule has 2 aliphatic rings. The smallest absolute Gasteiger partial charge is 0.315 e. The molecule has 0 radical (unpaired) electrons. The lowest BCUT2D eigenvalue weighted by atomic mass is 9.82. The summed E-state index contributed by atoms with van der Waals surface area (Å²) in [6.07, 6.45) is 2.39. The van der Waals surface area contributed by atoms with Crippen LogP contribution in [0.1, 0.15) is 24.0 Å². The van der Waals surface area contributed by atoms with E-state index in [4.69, 9.17) is 0 Å². The van der Waals surface area contributed by atoms with Crippen LogP contribution in [0.15, 0.2) is 60.7 Å². The molecule has 2 fully saturated rings. The van der Waals surface area contributed by atoms with E-state index in [0.717, 1.165) is 30.8 Å². The summed E-state index contributed by atoms with van der Waals surface area (Å²) >= 11 is 0. The minimum atomic E-state index is -1.15. The van der Waals surface area contributed by atoms with Crippen LogP contribution in [0.3, 0.4) is 0 Å². The van der Waals surface area contributed by atoms with E-state index >= 15 is 0 Å². The van der Waals surface area contributed by atoms with Crippen molar-refractivity contribution >= 4 is 11.9 Å². The fourth-order valence-corrected chi connectivity index (χ4v) is 3.96. The van der Waals surface area contributed by atoms with E-state index in [1.165, 1.54) is 17.7 Å². The monoisotopic (exact) mass is 349 g/mol. The molecule has 2 aromatic rings. The molecule has 1 N–H and O–H groups in total. The summed E-state index contributed by atoms with van der Waals surface area (Å²) in [4.78, 5) is 29.9. The zero-order valence-corrected chi connectivity index (χ0v) is 14.7. The number of carbonyl (C=O) groups excluding carboxylic acids is 2. The Morgan fingerprint density at radius 1 is 0.808 bits per heavy atom. The number of carbonyl (C=O) groups is 2. The van der Waals surface area contributed by atoms with Gasteiger partial charge in [-0.1, -0.05) is 60.7 Å². The van der Waals surface area contributed by atoms with E-state index in [1.807, 2.05) is 60.7 Å². The third-order valence-electron chi connectivity index (χ3n) is 5.36. The van der Waals surface area contributed by atoms with Crippen LogP contribution < -0.4 is 5.32 Å². The number of benzene rings is 2. The largest absolute Gasteiger partial charge is 0.325 e. The summed E-state index contributed by atoms with van der Waals surface area (Å²) in [5.74, 6) is -0.195. The number of hydrogen-bond donors (Lipinski definition) is 1. The molecule has 0 saturated carbocycles. The van der Waals surface area contributed by atoms with Crippen LogP contribution in [-0.2, 0) is 10.3 Å². The van der Waals surface area contributed by atoms with Gasteiger partial charge in [-0.2, -0.15) is 0 Å². The molecule has 0 unspecified atom stereocenters. The first kappa shape index (κ1) is 16.8. The summed E-state index contributed by atoms with van der Waals surface area (Å²) in [5.41, 5.74) is 0.423. The molecular weight excluding hydrogens is 326 g/mol. The molecule has 2 saturated heterocycles. The van der Waals surface area contributed by atoms with Gasteiger partial charge in [-0.3, -0.25) is 9.69 Å². The first-order chi connectivity index (χ1) is 12.7. The number of nitrogens with one attached hydrogen (secondary N) is 1. The Labute approximate surface area is 153 Å². The van der Waals surface area contributed by atoms with E-state index < -0.39 is 5.54 Å². The van der Waals surface area contributed by atoms with Crippen LogP contribution in [0.5, 0.6) is 0 Å². The van der Waals surface area contributed by atoms with Gasteiger partial charge in [0.15, 0.2) is 5.54 Å². The predicted octanol–water partition coefficient (Wildman–Crippen LogP) is 2.58. The first-order valence-electron chi connectivity index (χ1n) is 9.19. The third kappa shape index (κ3) is 2.78. The van der Waals surface area contributed by atoms with Gasteiger partial charge in [0.25, 0.3) is 5.91 Å². The Hall–Kier alpha value is -2.66. The lowest BCUT2D eigenvalue weighted by molar-refractivity contribution is -0.130. The molecule has 0 spiro atoms. The quantitative estimate of drug-likeness (QED) is 0.844. The highest BCUT2D eigenvalue weighted by Gasteiger charge is 2.53. The van der Waals surface area contributed by atoms with Crippen LogP contribution in [0.2, 0.25) is 0 Å². The maximum atomic E-state index is 13.5. The number of imide groups is 1. The molecular formula is C21H23N3O2. The average Bonchev–Trinajstić information content (AvgIpc) is 3.29. The first-order valence-corrected chi connectivity index (χ1v) is 9.19. The van der Waals surface area contributed by atoms with Crippen molar-refractivity contribution < 1.29 is 9.59 Å². The molecule has 5 heteroatoms. The Kier molecular flexibility index (Phi) is 4.47. The zero-order valence-electron chi connectivity index (χ0n) is 14.7. The second-order valence-electron chi connectivity index (χ2n) is 6.92. The molecule has 134 valence electrons. The van der Waals surface area contributed by atoms with E-state index in [2.05, 4.69) is 10.2 Å². The van der Waals surface area contributed by atoms with Crippen molar-refractivity contribution in [1.82, 2.24) is 15.1 Å². The van der Waals surface area contributed by atoms with Crippen LogP contribution in [0, 0.1) is 0 Å². The lowest BCUT2D eigenvalue weighted by Crippen LogP contribution is -2.45. The van der Waals surface area contributed by atoms with E-state index in [0.29, 0.717) is 6.54 Å². The topological polar surface area (TPSA) is 52.7 Å². The van der Waals surface area contributed by atoms with Crippen LogP contribution in [0.25, 0.3) is 0 Å². The van der Waals surface area contributed by atoms with Crippen LogP contribution >= 0.6 is 0 Å². The Balaban J connectivity index is 1.68. The molecule has 0 aromatic heterocycles. The predicted molar refractivity (Wildman–Crippen MR) is 99.6 cm³/mol. The number of urea groups is 1. The maximum Gasteiger partial charge on any atom is 0.325 e. The van der Waals surface area contributed by atoms with Crippen LogP contribution in [0.4, 0.5) is 4.79 Å². The van der Waals surface area contributed by atoms with Crippen molar-refractivity contribution in [1.29, 1.82) is 0 Å². The highest BCUT2D eigenvalue weighted by atomic mass is 16.2. The van der Waals surface area contributed by atoms with Gasteiger partial charge in [-0.25, -0.2) is 4.79 Å². The number of hydrogen-bond acceptors (Lipinski definition) is 3. The summed E-state index contributed by atoms with van der Waals surface area (Å²) in [7, 11) is 0. The number of amides is 3. The number of nitrogens with zero attached hydrogens (tertiary/aromatic N) is 2. The van der Waals surface area contributed by atoms with Crippen molar-refractivity contribution in [3.63, 3.8) is 0 Å². The molecule has 26 heavy (non-hydrogen) atoms. The molecule has 4 rings (SSSR count). The molecule has 0 atom stereocenters. The van der Waals surface area contributed by atoms with E-state index in [-0.39, 0.29) is 11.9 Å². The summed E-state index contributed by atoms with van der Waals surface area (Å²) < 4.78 is 0. The van der Waals surface area contributed by atoms with Crippen LogP contribution in [-0.4, -0.2) is 47.9 Å². The normalized spacial score (nSPS) is 19.8. The fourth-order valence-electron chi connectivity index (χ4n) is 3.96. The van der Waals surface area contributed by atoms with Crippen molar-refractivity contribution in [3.8, 4) is 0 Å². The highest BCUT2D eigenvalue weighted by Crippen LogP contribution is 2.35. The standard InChI is InChI=1S/C21H23N3O2/c25-19-21(17-9-3-1-4-10-17,18-11-5-2-6-12-18)22-20(26)24(19)16-15-23-13-7-8-14-23/h1-6,9-12H,7-8,13-16H2,(H,22,26). The lowest BCUT2D eigenvalue weighted by Gasteiger charge is -2.28. The van der Waals surface area contributed by atoms with Gasteiger partial charge in [0, 0.05) is 13.1 Å². The second-order valence-corrected chi connectivity index (χ2v) is 6.92. The third-order valence-corrected chi connectivity index (χ3v) is 5.36. The van der Waals surface area contributed by atoms with Gasteiger partial charge in [-0.15, -0.1) is 0 Å². The Morgan fingerprint density at radius 2 is 1.35 bits per heavy atom. The second kappa shape index (κ2) is 6.92. The molecule has 2 heterocycles. The van der Waals surface area contributed by atoms with Gasteiger partial charge in [0.2, 0.25) is 0 Å². The van der Waals surface area contributed by atoms with Crippen molar-refractivity contribution in [2.24, 2.45) is 0 Å². The fraction of sp³-hybridized carbons (Fsp3) is 0.333. The minimum Gasteiger partial charge on any atom is -0.315 e. The summed E-state index contributed by atoms with van der Waals surface area (Å²) in [6.45, 7) is 3.25. The molecule has 0 bridgehead atoms. The zero-order chi connectivity index (χ0) is 18.0. The Bertz CT molecular complexity index is 746. The SMILES string of the molecule is O=C1NC(c2ccccc2)(c2ccccc2)C(=O)N1CCN1CCCC1. The van der Waals surface area contributed by atoms with Gasteiger partial charge in [0.1, 0.15) is 0 Å².